The molecule has 3 rings (SSSR count). The number of rotatable bonds is 1. The second-order valence-corrected chi connectivity index (χ2v) is 7.66. The van der Waals surface area contributed by atoms with E-state index in [2.05, 4.69) is 23.0 Å². The average molecular weight is 335 g/mol. The largest absolute Gasteiger partial charge is 0.497 e. The minimum absolute atomic E-state index is 0.267. The van der Waals surface area contributed by atoms with Gasteiger partial charge in [0, 0.05) is 23.1 Å². The lowest BCUT2D eigenvalue weighted by Crippen LogP contribution is -2.41. The molecule has 2 aromatic rings. The van der Waals surface area contributed by atoms with Gasteiger partial charge >= 0.3 is 7.12 Å². The van der Waals surface area contributed by atoms with Gasteiger partial charge in [0.2, 0.25) is 0 Å². The summed E-state index contributed by atoms with van der Waals surface area (Å²) in [5.41, 5.74) is 1.88. The lowest BCUT2D eigenvalue weighted by Gasteiger charge is -2.32. The van der Waals surface area contributed by atoms with Crippen molar-refractivity contribution in [1.29, 1.82) is 5.26 Å². The van der Waals surface area contributed by atoms with Crippen LogP contribution in [0.3, 0.4) is 0 Å². The van der Waals surface area contributed by atoms with Gasteiger partial charge in [-0.15, -0.1) is 0 Å². The summed E-state index contributed by atoms with van der Waals surface area (Å²) >= 11 is 0. The second-order valence-electron chi connectivity index (χ2n) is 7.66. The van der Waals surface area contributed by atoms with Gasteiger partial charge in [-0.1, -0.05) is 25.7 Å². The number of fused-ring (bicyclic) bond motifs is 1. The van der Waals surface area contributed by atoms with Crippen LogP contribution in [0.1, 0.15) is 52.7 Å². The number of pyridine rings is 1. The van der Waals surface area contributed by atoms with Gasteiger partial charge in [0.25, 0.3) is 0 Å². The fourth-order valence-corrected chi connectivity index (χ4v) is 2.68. The Morgan fingerprint density at radius 1 is 1.20 bits per heavy atom. The molecule has 128 valence electrons. The highest BCUT2D eigenvalue weighted by Gasteiger charge is 2.52. The van der Waals surface area contributed by atoms with E-state index in [1.807, 2.05) is 53.8 Å². The molecule has 5 nitrogen and oxygen atoms in total. The molecular formula is C19H22BN3O2. The standard InChI is InChI=1S/C19H22BN3O2/c1-13(2)7-8-14-9-16(17-15(10-21)11-22-23(17)12-14)20-24-18(3,4)19(5,6)25-20/h9,11-13H,1-6H3. The molecule has 1 aliphatic rings. The zero-order valence-corrected chi connectivity index (χ0v) is 15.5. The molecular weight excluding hydrogens is 313 g/mol. The van der Waals surface area contributed by atoms with Crippen LogP contribution in [0.4, 0.5) is 0 Å². The summed E-state index contributed by atoms with van der Waals surface area (Å²) < 4.78 is 14.1. The maximum absolute atomic E-state index is 9.43. The van der Waals surface area contributed by atoms with Crippen LogP contribution in [-0.2, 0) is 9.31 Å². The maximum Gasteiger partial charge on any atom is 0.497 e. The molecule has 1 fully saturated rings. The number of nitrogens with zero attached hydrogens (tertiary/aromatic N) is 3. The molecule has 0 aliphatic carbocycles. The van der Waals surface area contributed by atoms with Gasteiger partial charge in [-0.25, -0.2) is 4.52 Å². The molecule has 0 unspecified atom stereocenters. The molecule has 1 saturated heterocycles. The number of nitriles is 1. The second kappa shape index (κ2) is 5.91. The zero-order chi connectivity index (χ0) is 18.4. The molecule has 0 aromatic carbocycles. The van der Waals surface area contributed by atoms with Crippen molar-refractivity contribution in [2.24, 2.45) is 5.92 Å². The smallest absolute Gasteiger partial charge is 0.399 e. The summed E-state index contributed by atoms with van der Waals surface area (Å²) in [6.07, 6.45) is 3.39. The van der Waals surface area contributed by atoms with Crippen LogP contribution in [0.5, 0.6) is 0 Å². The van der Waals surface area contributed by atoms with Crippen LogP contribution in [0.15, 0.2) is 18.5 Å². The van der Waals surface area contributed by atoms with Crippen molar-refractivity contribution >= 4 is 18.1 Å². The van der Waals surface area contributed by atoms with Crippen LogP contribution >= 0.6 is 0 Å². The molecule has 6 heteroatoms. The van der Waals surface area contributed by atoms with Gasteiger partial charge in [-0.3, -0.25) is 0 Å². The lowest BCUT2D eigenvalue weighted by molar-refractivity contribution is 0.00578. The van der Waals surface area contributed by atoms with Crippen molar-refractivity contribution in [1.82, 2.24) is 9.61 Å². The molecule has 0 amide bonds. The average Bonchev–Trinajstić information content (AvgIpc) is 3.02. The van der Waals surface area contributed by atoms with E-state index in [4.69, 9.17) is 9.31 Å². The monoisotopic (exact) mass is 335 g/mol. The zero-order valence-electron chi connectivity index (χ0n) is 15.5. The number of hydrogen-bond acceptors (Lipinski definition) is 4. The molecule has 0 saturated carbocycles. The van der Waals surface area contributed by atoms with Gasteiger partial charge in [-0.2, -0.15) is 10.4 Å². The van der Waals surface area contributed by atoms with E-state index in [-0.39, 0.29) is 5.92 Å². The van der Waals surface area contributed by atoms with Crippen LogP contribution in [-0.4, -0.2) is 27.9 Å². The predicted molar refractivity (Wildman–Crippen MR) is 97.3 cm³/mol. The molecule has 25 heavy (non-hydrogen) atoms. The quantitative estimate of drug-likeness (QED) is 0.593. The van der Waals surface area contributed by atoms with Crippen LogP contribution in [0, 0.1) is 29.1 Å². The number of hydrogen-bond donors (Lipinski definition) is 0. The van der Waals surface area contributed by atoms with E-state index in [1.54, 1.807) is 10.7 Å². The third-order valence-corrected chi connectivity index (χ3v) is 4.77. The molecule has 0 radical (unpaired) electrons. The first-order valence-corrected chi connectivity index (χ1v) is 8.43. The summed E-state index contributed by atoms with van der Waals surface area (Å²) in [6.45, 7) is 12.1. The Morgan fingerprint density at radius 3 is 2.40 bits per heavy atom. The third kappa shape index (κ3) is 3.04. The Morgan fingerprint density at radius 2 is 1.84 bits per heavy atom. The third-order valence-electron chi connectivity index (χ3n) is 4.77. The van der Waals surface area contributed by atoms with E-state index >= 15 is 0 Å². The summed E-state index contributed by atoms with van der Waals surface area (Å²) in [7, 11) is -0.572. The fourth-order valence-electron chi connectivity index (χ4n) is 2.68. The van der Waals surface area contributed by atoms with Crippen molar-refractivity contribution in [2.45, 2.75) is 52.7 Å². The van der Waals surface area contributed by atoms with E-state index in [9.17, 15) is 5.26 Å². The minimum Gasteiger partial charge on any atom is -0.399 e. The Bertz CT molecular complexity index is 910. The first-order chi connectivity index (χ1) is 11.6. The molecule has 0 atom stereocenters. The SMILES string of the molecule is CC(C)C#Cc1cc(B2OC(C)(C)C(C)(C)O2)c2c(C#N)cnn2c1. The minimum atomic E-state index is -0.572. The van der Waals surface area contributed by atoms with E-state index in [1.165, 1.54) is 0 Å². The first kappa shape index (κ1) is 17.5. The van der Waals surface area contributed by atoms with E-state index < -0.39 is 18.3 Å². The molecule has 1 aliphatic heterocycles. The van der Waals surface area contributed by atoms with Crippen molar-refractivity contribution in [2.75, 3.05) is 0 Å². The fraction of sp³-hybridized carbons (Fsp3) is 0.474. The predicted octanol–water partition coefficient (Wildman–Crippen LogP) is 2.51. The van der Waals surface area contributed by atoms with Gasteiger partial charge in [0.15, 0.2) is 0 Å². The Labute approximate surface area is 149 Å². The Hall–Kier alpha value is -2.28. The molecule has 3 heterocycles. The van der Waals surface area contributed by atoms with Gasteiger partial charge in [-0.05, 0) is 33.8 Å². The molecule has 2 aromatic heterocycles. The summed E-state index contributed by atoms with van der Waals surface area (Å²) in [5.74, 6) is 6.59. The number of aromatic nitrogens is 2. The molecule has 0 spiro atoms. The van der Waals surface area contributed by atoms with E-state index in [0.717, 1.165) is 11.0 Å². The first-order valence-electron chi connectivity index (χ1n) is 8.43. The van der Waals surface area contributed by atoms with Gasteiger partial charge in [0.1, 0.15) is 6.07 Å². The van der Waals surface area contributed by atoms with Crippen molar-refractivity contribution in [3.05, 3.63) is 29.6 Å². The Balaban J connectivity index is 2.18. The van der Waals surface area contributed by atoms with Crippen molar-refractivity contribution in [3.8, 4) is 17.9 Å². The van der Waals surface area contributed by atoms with Gasteiger partial charge in [0.05, 0.1) is 28.5 Å². The normalized spacial score (nSPS) is 18.2. The summed E-state index contributed by atoms with van der Waals surface area (Å²) in [5, 5.41) is 13.7. The van der Waals surface area contributed by atoms with Crippen molar-refractivity contribution in [3.63, 3.8) is 0 Å². The lowest BCUT2D eigenvalue weighted by atomic mass is 9.77. The molecule has 0 bridgehead atoms. The maximum atomic E-state index is 9.43. The Kier molecular flexibility index (Phi) is 4.15. The summed E-state index contributed by atoms with van der Waals surface area (Å²) in [4.78, 5) is 0. The van der Waals surface area contributed by atoms with Crippen molar-refractivity contribution < 1.29 is 9.31 Å². The van der Waals surface area contributed by atoms with E-state index in [0.29, 0.717) is 11.1 Å². The topological polar surface area (TPSA) is 59.5 Å². The highest BCUT2D eigenvalue weighted by molar-refractivity contribution is 6.64. The summed E-state index contributed by atoms with van der Waals surface area (Å²) in [6, 6.07) is 4.13. The molecule has 0 N–H and O–H groups in total. The van der Waals surface area contributed by atoms with Crippen LogP contribution in [0.25, 0.3) is 5.52 Å². The highest BCUT2D eigenvalue weighted by atomic mass is 16.7. The van der Waals surface area contributed by atoms with Gasteiger partial charge < -0.3 is 9.31 Å². The highest BCUT2D eigenvalue weighted by Crippen LogP contribution is 2.36. The van der Waals surface area contributed by atoms with Crippen LogP contribution < -0.4 is 5.46 Å². The van der Waals surface area contributed by atoms with Crippen LogP contribution in [0.2, 0.25) is 0 Å².